The lowest BCUT2D eigenvalue weighted by Gasteiger charge is -2.35. The van der Waals surface area contributed by atoms with Crippen molar-refractivity contribution in [2.24, 2.45) is 0 Å². The Kier molecular flexibility index (Phi) is 5.56. The fraction of sp³-hybridized carbons (Fsp3) is 0.562. The van der Waals surface area contributed by atoms with Crippen LogP contribution in [0.4, 0.5) is 4.39 Å². The van der Waals surface area contributed by atoms with Crippen molar-refractivity contribution in [2.75, 3.05) is 26.7 Å². The van der Waals surface area contributed by atoms with Gasteiger partial charge in [0.1, 0.15) is 17.1 Å². The second kappa shape index (κ2) is 7.41. The number of benzene rings is 1. The number of carbonyl (C=O) groups excluding carboxylic acids is 1. The van der Waals surface area contributed by atoms with Gasteiger partial charge in [0.2, 0.25) is 0 Å². The maximum atomic E-state index is 14.1. The molecule has 1 atom stereocenters. The highest BCUT2D eigenvalue weighted by Gasteiger charge is 2.29. The van der Waals surface area contributed by atoms with Gasteiger partial charge in [0.15, 0.2) is 0 Å². The van der Waals surface area contributed by atoms with Crippen LogP contribution in [0.5, 0.6) is 5.75 Å². The number of hydrogen-bond donors (Lipinski definition) is 1. The van der Waals surface area contributed by atoms with E-state index in [1.807, 2.05) is 6.92 Å². The lowest BCUT2D eigenvalue weighted by molar-refractivity contribution is 0.0640. The minimum atomic E-state index is -0.524. The molecule has 116 valence electrons. The van der Waals surface area contributed by atoms with Crippen LogP contribution in [0.25, 0.3) is 0 Å². The van der Waals surface area contributed by atoms with Crippen LogP contribution in [-0.2, 0) is 0 Å². The molecule has 0 spiro atoms. The van der Waals surface area contributed by atoms with Gasteiger partial charge in [-0.3, -0.25) is 4.79 Å². The quantitative estimate of drug-likeness (QED) is 0.907. The van der Waals surface area contributed by atoms with Gasteiger partial charge in [-0.1, -0.05) is 13.0 Å². The van der Waals surface area contributed by atoms with Gasteiger partial charge in [-0.25, -0.2) is 4.39 Å². The number of rotatable bonds is 5. The second-order valence-corrected chi connectivity index (χ2v) is 5.32. The number of amides is 1. The molecule has 5 heteroatoms. The van der Waals surface area contributed by atoms with Crippen molar-refractivity contribution in [1.29, 1.82) is 0 Å². The average Bonchev–Trinajstić information content (AvgIpc) is 2.52. The Morgan fingerprint density at radius 2 is 2.33 bits per heavy atom. The fourth-order valence-electron chi connectivity index (χ4n) is 2.82. The SMILES string of the molecule is CCCN(C(=O)c1c(F)cccc1OC)C1CCCNC1. The van der Waals surface area contributed by atoms with Crippen molar-refractivity contribution in [3.8, 4) is 5.75 Å². The average molecular weight is 294 g/mol. The number of carbonyl (C=O) groups is 1. The van der Waals surface area contributed by atoms with E-state index in [2.05, 4.69) is 5.32 Å². The monoisotopic (exact) mass is 294 g/mol. The van der Waals surface area contributed by atoms with Crippen LogP contribution in [-0.4, -0.2) is 43.6 Å². The van der Waals surface area contributed by atoms with E-state index in [1.165, 1.54) is 13.2 Å². The first kappa shape index (κ1) is 15.8. The van der Waals surface area contributed by atoms with E-state index >= 15 is 0 Å². The first-order chi connectivity index (χ1) is 10.2. The molecule has 1 heterocycles. The van der Waals surface area contributed by atoms with Crippen LogP contribution in [0, 0.1) is 5.82 Å². The van der Waals surface area contributed by atoms with E-state index in [0.29, 0.717) is 12.3 Å². The number of methoxy groups -OCH3 is 1. The molecule has 1 fully saturated rings. The Bertz CT molecular complexity index is 487. The topological polar surface area (TPSA) is 41.6 Å². The largest absolute Gasteiger partial charge is 0.496 e. The summed E-state index contributed by atoms with van der Waals surface area (Å²) in [5.74, 6) is -0.505. The van der Waals surface area contributed by atoms with Crippen LogP contribution in [0.3, 0.4) is 0 Å². The Hall–Kier alpha value is -1.62. The van der Waals surface area contributed by atoms with Gasteiger partial charge >= 0.3 is 0 Å². The Morgan fingerprint density at radius 1 is 1.52 bits per heavy atom. The Labute approximate surface area is 125 Å². The van der Waals surface area contributed by atoms with E-state index in [0.717, 1.165) is 32.4 Å². The number of nitrogens with one attached hydrogen (secondary N) is 1. The third kappa shape index (κ3) is 3.53. The summed E-state index contributed by atoms with van der Waals surface area (Å²) < 4.78 is 19.3. The number of halogens is 1. The number of ether oxygens (including phenoxy) is 1. The van der Waals surface area contributed by atoms with Crippen LogP contribution < -0.4 is 10.1 Å². The van der Waals surface area contributed by atoms with Gasteiger partial charge in [-0.15, -0.1) is 0 Å². The Balaban J connectivity index is 2.29. The molecular formula is C16H23FN2O2. The molecular weight excluding hydrogens is 271 g/mol. The minimum absolute atomic E-state index is 0.0408. The molecule has 0 aromatic heterocycles. The molecule has 0 saturated carbocycles. The highest BCUT2D eigenvalue weighted by Crippen LogP contribution is 2.25. The van der Waals surface area contributed by atoms with E-state index in [1.54, 1.807) is 17.0 Å². The van der Waals surface area contributed by atoms with Gasteiger partial charge in [0.05, 0.1) is 7.11 Å². The summed E-state index contributed by atoms with van der Waals surface area (Å²) in [5, 5.41) is 3.30. The molecule has 0 radical (unpaired) electrons. The molecule has 1 unspecified atom stereocenters. The number of nitrogens with zero attached hydrogens (tertiary/aromatic N) is 1. The molecule has 2 rings (SSSR count). The molecule has 0 aliphatic carbocycles. The highest BCUT2D eigenvalue weighted by atomic mass is 19.1. The van der Waals surface area contributed by atoms with E-state index in [-0.39, 0.29) is 17.5 Å². The highest BCUT2D eigenvalue weighted by molar-refractivity contribution is 5.97. The summed E-state index contributed by atoms with van der Waals surface area (Å²) in [7, 11) is 1.46. The van der Waals surface area contributed by atoms with Crippen molar-refractivity contribution in [2.45, 2.75) is 32.2 Å². The summed E-state index contributed by atoms with van der Waals surface area (Å²) in [6.07, 6.45) is 2.83. The molecule has 1 aromatic rings. The Morgan fingerprint density at radius 3 is 2.95 bits per heavy atom. The summed E-state index contributed by atoms with van der Waals surface area (Å²) in [5.41, 5.74) is 0.0408. The third-order valence-electron chi connectivity index (χ3n) is 3.85. The minimum Gasteiger partial charge on any atom is -0.496 e. The zero-order valence-electron chi connectivity index (χ0n) is 12.7. The standard InChI is InChI=1S/C16H23FN2O2/c1-3-10-19(12-6-5-9-18-11-12)16(20)15-13(17)7-4-8-14(15)21-2/h4,7-8,12,18H,3,5-6,9-11H2,1-2H3. The van der Waals surface area contributed by atoms with Gasteiger partial charge in [-0.2, -0.15) is 0 Å². The molecule has 1 aliphatic rings. The molecule has 1 N–H and O–H groups in total. The molecule has 21 heavy (non-hydrogen) atoms. The van der Waals surface area contributed by atoms with Gasteiger partial charge in [0.25, 0.3) is 5.91 Å². The zero-order chi connectivity index (χ0) is 15.2. The molecule has 4 nitrogen and oxygen atoms in total. The van der Waals surface area contributed by atoms with Crippen LogP contribution in [0.2, 0.25) is 0 Å². The van der Waals surface area contributed by atoms with Gasteiger partial charge in [0, 0.05) is 19.1 Å². The van der Waals surface area contributed by atoms with Crippen LogP contribution in [0.15, 0.2) is 18.2 Å². The zero-order valence-corrected chi connectivity index (χ0v) is 12.7. The molecule has 1 aliphatic heterocycles. The molecule has 1 aromatic carbocycles. The smallest absolute Gasteiger partial charge is 0.260 e. The maximum absolute atomic E-state index is 14.1. The predicted octanol–water partition coefficient (Wildman–Crippen LogP) is 2.44. The normalized spacial score (nSPS) is 18.3. The lowest BCUT2D eigenvalue weighted by Crippen LogP contribution is -2.49. The number of piperidine rings is 1. The van der Waals surface area contributed by atoms with Crippen LogP contribution >= 0.6 is 0 Å². The van der Waals surface area contributed by atoms with E-state index in [4.69, 9.17) is 4.74 Å². The summed E-state index contributed by atoms with van der Waals surface area (Å²) in [6.45, 7) is 4.40. The molecule has 1 saturated heterocycles. The van der Waals surface area contributed by atoms with E-state index < -0.39 is 5.82 Å². The lowest BCUT2D eigenvalue weighted by atomic mass is 10.0. The maximum Gasteiger partial charge on any atom is 0.260 e. The summed E-state index contributed by atoms with van der Waals surface area (Å²) >= 11 is 0. The first-order valence-electron chi connectivity index (χ1n) is 7.53. The van der Waals surface area contributed by atoms with E-state index in [9.17, 15) is 9.18 Å². The number of hydrogen-bond acceptors (Lipinski definition) is 3. The second-order valence-electron chi connectivity index (χ2n) is 5.32. The van der Waals surface area contributed by atoms with Crippen molar-refractivity contribution >= 4 is 5.91 Å². The molecule has 1 amide bonds. The third-order valence-corrected chi connectivity index (χ3v) is 3.85. The molecule has 0 bridgehead atoms. The first-order valence-corrected chi connectivity index (χ1v) is 7.53. The van der Waals surface area contributed by atoms with Crippen molar-refractivity contribution in [3.63, 3.8) is 0 Å². The predicted molar refractivity (Wildman–Crippen MR) is 80.2 cm³/mol. The van der Waals surface area contributed by atoms with Crippen LogP contribution in [0.1, 0.15) is 36.5 Å². The van der Waals surface area contributed by atoms with Crippen molar-refractivity contribution in [3.05, 3.63) is 29.6 Å². The van der Waals surface area contributed by atoms with Gasteiger partial charge < -0.3 is 15.0 Å². The fourth-order valence-corrected chi connectivity index (χ4v) is 2.82. The summed E-state index contributed by atoms with van der Waals surface area (Å²) in [6, 6.07) is 4.60. The van der Waals surface area contributed by atoms with Crippen molar-refractivity contribution in [1.82, 2.24) is 10.2 Å². The van der Waals surface area contributed by atoms with Gasteiger partial charge in [-0.05, 0) is 37.9 Å². The van der Waals surface area contributed by atoms with Crippen molar-refractivity contribution < 1.29 is 13.9 Å². The summed E-state index contributed by atoms with van der Waals surface area (Å²) in [4.78, 5) is 14.6.